The summed E-state index contributed by atoms with van der Waals surface area (Å²) in [7, 11) is 1.38. The van der Waals surface area contributed by atoms with Crippen LogP contribution in [0, 0.1) is 0 Å². The fraction of sp³-hybridized carbons (Fsp3) is 0.583. The van der Waals surface area contributed by atoms with Crippen LogP contribution in [0.5, 0.6) is 0 Å². The standard InChI is InChI=1S/C24H39N3O2S2/c1-5-8-9-10-11-16-25-24(30)26-21-19-20(13-15-23(28)29-4)12-14-22(21)31-18-17-27(6-2)7-3/h12-15,19H,5-11,16-18H2,1-4H3,(H2,25,26,30)/b15-13+. The van der Waals surface area contributed by atoms with Crippen molar-refractivity contribution in [3.05, 3.63) is 29.8 Å². The average molecular weight is 466 g/mol. The van der Waals surface area contributed by atoms with Gasteiger partial charge in [0, 0.05) is 29.8 Å². The largest absolute Gasteiger partial charge is 0.466 e. The minimum atomic E-state index is -0.368. The molecule has 5 nitrogen and oxygen atoms in total. The molecule has 1 aromatic rings. The Morgan fingerprint density at radius 3 is 2.58 bits per heavy atom. The molecule has 0 unspecified atom stereocenters. The number of carbonyl (C=O) groups is 1. The van der Waals surface area contributed by atoms with Gasteiger partial charge in [0.1, 0.15) is 0 Å². The summed E-state index contributed by atoms with van der Waals surface area (Å²) < 4.78 is 4.69. The first kappa shape index (κ1) is 27.5. The smallest absolute Gasteiger partial charge is 0.330 e. The number of hydrogen-bond donors (Lipinski definition) is 2. The fourth-order valence-corrected chi connectivity index (χ4v) is 4.24. The summed E-state index contributed by atoms with van der Waals surface area (Å²) in [5.41, 5.74) is 1.88. The number of carbonyl (C=O) groups excluding carboxylic acids is 1. The summed E-state index contributed by atoms with van der Waals surface area (Å²) in [5.74, 6) is 0.637. The lowest BCUT2D eigenvalue weighted by Crippen LogP contribution is -2.29. The molecule has 0 saturated carbocycles. The molecule has 0 spiro atoms. The first-order chi connectivity index (χ1) is 15.0. The van der Waals surface area contributed by atoms with Gasteiger partial charge in [-0.1, -0.05) is 52.5 Å². The van der Waals surface area contributed by atoms with Gasteiger partial charge in [0.15, 0.2) is 5.11 Å². The third-order valence-corrected chi connectivity index (χ3v) is 6.29. The van der Waals surface area contributed by atoms with Gasteiger partial charge >= 0.3 is 5.97 Å². The van der Waals surface area contributed by atoms with Crippen molar-refractivity contribution in [2.24, 2.45) is 0 Å². The van der Waals surface area contributed by atoms with Gasteiger partial charge in [0.05, 0.1) is 12.8 Å². The molecule has 0 saturated heterocycles. The Bertz CT molecular complexity index is 691. The Labute approximate surface area is 198 Å². The normalized spacial score (nSPS) is 11.1. The minimum Gasteiger partial charge on any atom is -0.466 e. The second-order valence-corrected chi connectivity index (χ2v) is 8.83. The van der Waals surface area contributed by atoms with Crippen LogP contribution in [0.3, 0.4) is 0 Å². The maximum Gasteiger partial charge on any atom is 0.330 e. The number of nitrogens with zero attached hydrogens (tertiary/aromatic N) is 1. The zero-order chi connectivity index (χ0) is 22.9. The van der Waals surface area contributed by atoms with E-state index >= 15 is 0 Å². The van der Waals surface area contributed by atoms with E-state index in [1.807, 2.05) is 23.9 Å². The second kappa shape index (κ2) is 17.0. The Morgan fingerprint density at radius 2 is 1.90 bits per heavy atom. The number of unbranched alkanes of at least 4 members (excludes halogenated alkanes) is 4. The molecule has 2 N–H and O–H groups in total. The number of thiocarbonyl (C=S) groups is 1. The zero-order valence-corrected chi connectivity index (χ0v) is 21.2. The third kappa shape index (κ3) is 12.1. The number of benzene rings is 1. The number of methoxy groups -OCH3 is 1. The molecule has 1 rings (SSSR count). The number of esters is 1. The number of anilines is 1. The van der Waals surface area contributed by atoms with E-state index in [-0.39, 0.29) is 5.97 Å². The Kier molecular flexibility index (Phi) is 15.1. The zero-order valence-electron chi connectivity index (χ0n) is 19.5. The highest BCUT2D eigenvalue weighted by Crippen LogP contribution is 2.29. The van der Waals surface area contributed by atoms with Crippen LogP contribution in [0.25, 0.3) is 6.08 Å². The summed E-state index contributed by atoms with van der Waals surface area (Å²) in [6, 6.07) is 6.11. The van der Waals surface area contributed by atoms with Crippen molar-refractivity contribution >= 4 is 46.8 Å². The lowest BCUT2D eigenvalue weighted by Gasteiger charge is -2.19. The van der Waals surface area contributed by atoms with Crippen LogP contribution in [0.2, 0.25) is 0 Å². The van der Waals surface area contributed by atoms with Crippen LogP contribution >= 0.6 is 24.0 Å². The maximum absolute atomic E-state index is 11.4. The first-order valence-corrected chi connectivity index (χ1v) is 12.7. The van der Waals surface area contributed by atoms with Gasteiger partial charge in [-0.05, 0) is 55.5 Å². The van der Waals surface area contributed by atoms with Crippen LogP contribution in [0.1, 0.15) is 58.4 Å². The molecule has 0 heterocycles. The van der Waals surface area contributed by atoms with Gasteiger partial charge in [-0.3, -0.25) is 0 Å². The van der Waals surface area contributed by atoms with Crippen LogP contribution in [-0.4, -0.2) is 55.0 Å². The van der Waals surface area contributed by atoms with Gasteiger partial charge in [-0.15, -0.1) is 11.8 Å². The number of rotatable bonds is 15. The van der Waals surface area contributed by atoms with Crippen molar-refractivity contribution in [3.63, 3.8) is 0 Å². The summed E-state index contributed by atoms with van der Waals surface area (Å²) in [6.45, 7) is 10.6. The van der Waals surface area contributed by atoms with Crippen LogP contribution < -0.4 is 10.6 Å². The molecule has 0 aromatic heterocycles. The van der Waals surface area contributed by atoms with E-state index < -0.39 is 0 Å². The van der Waals surface area contributed by atoms with E-state index in [1.54, 1.807) is 6.08 Å². The van der Waals surface area contributed by atoms with E-state index in [2.05, 4.69) is 47.1 Å². The van der Waals surface area contributed by atoms with E-state index in [1.165, 1.54) is 38.9 Å². The van der Waals surface area contributed by atoms with E-state index in [4.69, 9.17) is 12.2 Å². The average Bonchev–Trinajstić information content (AvgIpc) is 2.78. The molecule has 0 aliphatic heterocycles. The van der Waals surface area contributed by atoms with Crippen LogP contribution in [0.4, 0.5) is 5.69 Å². The van der Waals surface area contributed by atoms with Gasteiger partial charge in [-0.25, -0.2) is 4.79 Å². The van der Waals surface area contributed by atoms with Gasteiger partial charge in [-0.2, -0.15) is 0 Å². The van der Waals surface area contributed by atoms with Gasteiger partial charge < -0.3 is 20.3 Å². The summed E-state index contributed by atoms with van der Waals surface area (Å²) in [5, 5.41) is 7.31. The van der Waals surface area contributed by atoms with Crippen molar-refractivity contribution < 1.29 is 9.53 Å². The highest BCUT2D eigenvalue weighted by Gasteiger charge is 2.08. The van der Waals surface area contributed by atoms with Gasteiger partial charge in [0.2, 0.25) is 0 Å². The van der Waals surface area contributed by atoms with Gasteiger partial charge in [0.25, 0.3) is 0 Å². The topological polar surface area (TPSA) is 53.6 Å². The Balaban J connectivity index is 2.76. The molecular formula is C24H39N3O2S2. The predicted octanol–water partition coefficient (Wildman–Crippen LogP) is 5.56. The second-order valence-electron chi connectivity index (χ2n) is 7.28. The summed E-state index contributed by atoms with van der Waals surface area (Å²) in [6.07, 6.45) is 9.36. The lowest BCUT2D eigenvalue weighted by atomic mass is 10.1. The molecule has 174 valence electrons. The Morgan fingerprint density at radius 1 is 1.16 bits per heavy atom. The molecule has 0 fully saturated rings. The van der Waals surface area contributed by atoms with E-state index in [9.17, 15) is 4.79 Å². The number of thioether (sulfide) groups is 1. The molecule has 1 aromatic carbocycles. The molecule has 0 amide bonds. The molecule has 0 radical (unpaired) electrons. The summed E-state index contributed by atoms with van der Waals surface area (Å²) >= 11 is 7.34. The number of nitrogens with one attached hydrogen (secondary N) is 2. The van der Waals surface area contributed by atoms with Crippen molar-refractivity contribution in [2.45, 2.75) is 57.8 Å². The van der Waals surface area contributed by atoms with E-state index in [0.29, 0.717) is 5.11 Å². The monoisotopic (exact) mass is 465 g/mol. The Hall–Kier alpha value is -1.57. The molecule has 31 heavy (non-hydrogen) atoms. The van der Waals surface area contributed by atoms with Crippen molar-refractivity contribution in [1.29, 1.82) is 0 Å². The van der Waals surface area contributed by atoms with Crippen LogP contribution in [-0.2, 0) is 9.53 Å². The first-order valence-electron chi connectivity index (χ1n) is 11.3. The molecule has 7 heteroatoms. The summed E-state index contributed by atoms with van der Waals surface area (Å²) in [4.78, 5) is 15.0. The highest BCUT2D eigenvalue weighted by atomic mass is 32.2. The van der Waals surface area contributed by atoms with E-state index in [0.717, 1.165) is 54.5 Å². The van der Waals surface area contributed by atoms with Crippen molar-refractivity contribution in [1.82, 2.24) is 10.2 Å². The molecule has 0 aliphatic carbocycles. The van der Waals surface area contributed by atoms with Crippen LogP contribution in [0.15, 0.2) is 29.2 Å². The predicted molar refractivity (Wildman–Crippen MR) is 139 cm³/mol. The van der Waals surface area contributed by atoms with Crippen molar-refractivity contribution in [2.75, 3.05) is 44.4 Å². The quantitative estimate of drug-likeness (QED) is 0.116. The molecule has 0 atom stereocenters. The number of ether oxygens (including phenoxy) is 1. The molecule has 0 aliphatic rings. The third-order valence-electron chi connectivity index (χ3n) is 4.99. The minimum absolute atomic E-state index is 0.368. The number of hydrogen-bond acceptors (Lipinski definition) is 5. The molecular weight excluding hydrogens is 426 g/mol. The maximum atomic E-state index is 11.4. The van der Waals surface area contributed by atoms with Crippen molar-refractivity contribution in [3.8, 4) is 0 Å². The molecule has 0 bridgehead atoms. The SMILES string of the molecule is CCCCCCCNC(=S)Nc1cc(/C=C/C(=O)OC)ccc1SCCN(CC)CC. The highest BCUT2D eigenvalue weighted by molar-refractivity contribution is 7.99. The fourth-order valence-electron chi connectivity index (χ4n) is 3.03. The lowest BCUT2D eigenvalue weighted by molar-refractivity contribution is -0.134.